The molecule has 3 nitrogen and oxygen atoms in total. The van der Waals surface area contributed by atoms with Gasteiger partial charge >= 0.3 is 0 Å². The molecule has 19 rings (SSSR count). The van der Waals surface area contributed by atoms with Crippen LogP contribution in [0.2, 0.25) is 0 Å². The first-order valence-electron chi connectivity index (χ1n) is 29.2. The summed E-state index contributed by atoms with van der Waals surface area (Å²) in [5.41, 5.74) is 28.4. The quantitative estimate of drug-likeness (QED) is 0.175. The maximum atomic E-state index is 6.87. The number of anilines is 3. The van der Waals surface area contributed by atoms with Crippen molar-refractivity contribution < 1.29 is 9.47 Å². The average Bonchev–Trinajstić information content (AvgIpc) is 1.57. The van der Waals surface area contributed by atoms with Crippen molar-refractivity contribution in [2.45, 2.75) is 16.2 Å². The lowest BCUT2D eigenvalue weighted by Crippen LogP contribution is -2.32. The van der Waals surface area contributed by atoms with E-state index in [4.69, 9.17) is 9.47 Å². The van der Waals surface area contributed by atoms with Crippen LogP contribution in [0, 0.1) is 0 Å². The van der Waals surface area contributed by atoms with Crippen molar-refractivity contribution in [3.8, 4) is 78.6 Å². The van der Waals surface area contributed by atoms with E-state index in [1.165, 1.54) is 89.0 Å². The summed E-state index contributed by atoms with van der Waals surface area (Å²) in [6.07, 6.45) is 0. The third-order valence-electron chi connectivity index (χ3n) is 19.6. The molecule has 390 valence electrons. The van der Waals surface area contributed by atoms with Crippen molar-refractivity contribution in [2.24, 2.45) is 0 Å². The second-order valence-electron chi connectivity index (χ2n) is 23.2. The van der Waals surface area contributed by atoms with Gasteiger partial charge in [0.1, 0.15) is 23.0 Å². The molecule has 2 heterocycles. The van der Waals surface area contributed by atoms with Crippen LogP contribution in [0.4, 0.5) is 17.1 Å². The number of fused-ring (bicyclic) bond motifs is 28. The van der Waals surface area contributed by atoms with Gasteiger partial charge in [-0.05, 0) is 132 Å². The lowest BCUT2D eigenvalue weighted by molar-refractivity contribution is 0.436. The molecule has 4 aliphatic carbocycles. The van der Waals surface area contributed by atoms with E-state index in [1.54, 1.807) is 0 Å². The van der Waals surface area contributed by atoms with Crippen LogP contribution in [-0.2, 0) is 16.2 Å². The van der Waals surface area contributed by atoms with Crippen LogP contribution in [0.1, 0.15) is 66.8 Å². The molecule has 0 saturated carbocycles. The van der Waals surface area contributed by atoms with E-state index in [0.717, 1.165) is 73.4 Å². The molecule has 0 unspecified atom stereocenters. The second kappa shape index (κ2) is 16.7. The number of para-hydroxylation sites is 5. The number of benzene rings is 13. The van der Waals surface area contributed by atoms with Crippen LogP contribution in [-0.4, -0.2) is 0 Å². The van der Waals surface area contributed by atoms with Gasteiger partial charge in [0.15, 0.2) is 0 Å². The molecule has 3 spiro atoms. The van der Waals surface area contributed by atoms with Crippen molar-refractivity contribution >= 4 is 17.1 Å². The molecule has 0 saturated heterocycles. The highest BCUT2D eigenvalue weighted by molar-refractivity contribution is 6.06. The van der Waals surface area contributed by atoms with Gasteiger partial charge in [-0.3, -0.25) is 0 Å². The van der Waals surface area contributed by atoms with Crippen molar-refractivity contribution in [1.82, 2.24) is 0 Å². The SMILES string of the molecule is c1ccc2c(c1)Oc1ccccc1C21c2ccccc2-c2ccc(-c3ccccc3N(c3cccc4c3-c3ccccc3C43c4ccccc4Oc4ccccc43)c3cccc4c3-c3ccccc3C43c4ccccc4-c4ccccc43)cc21. The molecule has 0 fully saturated rings. The Labute approximate surface area is 487 Å². The lowest BCUT2D eigenvalue weighted by Gasteiger charge is -2.39. The largest absolute Gasteiger partial charge is 0.457 e. The van der Waals surface area contributed by atoms with Gasteiger partial charge in [0.2, 0.25) is 0 Å². The highest BCUT2D eigenvalue weighted by Crippen LogP contribution is 2.69. The van der Waals surface area contributed by atoms with Crippen molar-refractivity contribution in [3.05, 3.63) is 364 Å². The van der Waals surface area contributed by atoms with Gasteiger partial charge in [0, 0.05) is 38.9 Å². The van der Waals surface area contributed by atoms with Crippen LogP contribution < -0.4 is 14.4 Å². The Hall–Kier alpha value is -10.7. The summed E-state index contributed by atoms with van der Waals surface area (Å²) in [5.74, 6) is 3.51. The monoisotopic (exact) mass is 1070 g/mol. The van der Waals surface area contributed by atoms with Crippen LogP contribution in [0.5, 0.6) is 23.0 Å². The van der Waals surface area contributed by atoms with Crippen molar-refractivity contribution in [1.29, 1.82) is 0 Å². The molecule has 0 N–H and O–H groups in total. The van der Waals surface area contributed by atoms with E-state index < -0.39 is 16.2 Å². The van der Waals surface area contributed by atoms with E-state index >= 15 is 0 Å². The molecule has 13 aromatic rings. The number of hydrogen-bond donors (Lipinski definition) is 0. The Bertz CT molecular complexity index is 4890. The standard InChI is InChI=1S/C81H49NO2/c1-7-29-58-52(24-1)53-25-2-8-30-59(53)79(58)61-32-10-4-27-56(61)77-67(79)38-21-41-71(77)82(72-42-22-39-68-78(72)57-28-5-11-33-62(57)80(68)63-34-12-17-43-73(63)83-74-44-18-13-35-64(74)80)70-40-16-6-23-51(70)50-47-48-55-54-26-3-9-31-60(54)81(69(55)49-50)65-36-14-19-45-75(65)84-76-46-20-15-37-66(76)81/h1-49H. The Balaban J connectivity index is 0.924. The number of hydrogen-bond acceptors (Lipinski definition) is 3. The number of rotatable bonds is 4. The summed E-state index contributed by atoms with van der Waals surface area (Å²) in [7, 11) is 0. The Morgan fingerprint density at radius 1 is 0.202 bits per heavy atom. The maximum absolute atomic E-state index is 6.87. The molecule has 84 heavy (non-hydrogen) atoms. The molecule has 2 aliphatic heterocycles. The summed E-state index contributed by atoms with van der Waals surface area (Å²) in [5, 5.41) is 0. The molecule has 0 bridgehead atoms. The van der Waals surface area contributed by atoms with Gasteiger partial charge in [-0.1, -0.05) is 249 Å². The van der Waals surface area contributed by atoms with E-state index in [-0.39, 0.29) is 0 Å². The minimum atomic E-state index is -0.676. The van der Waals surface area contributed by atoms with Gasteiger partial charge < -0.3 is 14.4 Å². The minimum Gasteiger partial charge on any atom is -0.457 e. The molecule has 0 amide bonds. The highest BCUT2D eigenvalue weighted by Gasteiger charge is 2.55. The highest BCUT2D eigenvalue weighted by atomic mass is 16.5. The Morgan fingerprint density at radius 2 is 0.488 bits per heavy atom. The fourth-order valence-corrected chi connectivity index (χ4v) is 16.7. The van der Waals surface area contributed by atoms with Crippen molar-refractivity contribution in [2.75, 3.05) is 4.90 Å². The molecule has 0 atom stereocenters. The topological polar surface area (TPSA) is 21.7 Å². The molecule has 13 aromatic carbocycles. The summed E-state index contributed by atoms with van der Waals surface area (Å²) in [4.78, 5) is 2.64. The van der Waals surface area contributed by atoms with Crippen LogP contribution in [0.3, 0.4) is 0 Å². The Morgan fingerprint density at radius 3 is 0.917 bits per heavy atom. The van der Waals surface area contributed by atoms with Crippen LogP contribution >= 0.6 is 0 Å². The summed E-state index contributed by atoms with van der Waals surface area (Å²) < 4.78 is 13.7. The van der Waals surface area contributed by atoms with Crippen LogP contribution in [0.25, 0.3) is 55.6 Å². The maximum Gasteiger partial charge on any atom is 0.132 e. The zero-order valence-corrected chi connectivity index (χ0v) is 45.6. The lowest BCUT2D eigenvalue weighted by atomic mass is 9.66. The van der Waals surface area contributed by atoms with E-state index in [0.29, 0.717) is 0 Å². The van der Waals surface area contributed by atoms with Gasteiger partial charge in [-0.2, -0.15) is 0 Å². The predicted molar refractivity (Wildman–Crippen MR) is 338 cm³/mol. The molecular weight excluding hydrogens is 1020 g/mol. The second-order valence-corrected chi connectivity index (χ2v) is 23.2. The summed E-state index contributed by atoms with van der Waals surface area (Å²) in [6.45, 7) is 0. The third kappa shape index (κ3) is 5.53. The first-order chi connectivity index (χ1) is 41.7. The third-order valence-corrected chi connectivity index (χ3v) is 19.6. The fraction of sp³-hybridized carbons (Fsp3) is 0.0370. The van der Waals surface area contributed by atoms with Gasteiger partial charge in [-0.15, -0.1) is 0 Å². The van der Waals surface area contributed by atoms with Crippen molar-refractivity contribution in [3.63, 3.8) is 0 Å². The average molecular weight is 1070 g/mol. The predicted octanol–water partition coefficient (Wildman–Crippen LogP) is 20.1. The van der Waals surface area contributed by atoms with Gasteiger partial charge in [0.25, 0.3) is 0 Å². The van der Waals surface area contributed by atoms with E-state index in [2.05, 4.69) is 302 Å². The molecule has 0 radical (unpaired) electrons. The zero-order chi connectivity index (χ0) is 54.9. The Kier molecular flexibility index (Phi) is 9.13. The van der Waals surface area contributed by atoms with Gasteiger partial charge in [0.05, 0.1) is 33.3 Å². The summed E-state index contributed by atoms with van der Waals surface area (Å²) in [6, 6.07) is 111. The van der Waals surface area contributed by atoms with E-state index in [9.17, 15) is 0 Å². The molecule has 3 heteroatoms. The number of ether oxygens (including phenoxy) is 2. The smallest absolute Gasteiger partial charge is 0.132 e. The molecular formula is C81H49NO2. The normalized spacial score (nSPS) is 14.9. The number of nitrogens with zero attached hydrogens (tertiary/aromatic N) is 1. The first-order valence-corrected chi connectivity index (χ1v) is 29.2. The van der Waals surface area contributed by atoms with Crippen LogP contribution in [0.15, 0.2) is 297 Å². The van der Waals surface area contributed by atoms with E-state index in [1.807, 2.05) is 0 Å². The minimum absolute atomic E-state index is 0.551. The fourth-order valence-electron chi connectivity index (χ4n) is 16.7. The molecule has 0 aromatic heterocycles. The summed E-state index contributed by atoms with van der Waals surface area (Å²) >= 11 is 0. The molecule has 6 aliphatic rings. The zero-order valence-electron chi connectivity index (χ0n) is 45.6. The van der Waals surface area contributed by atoms with Gasteiger partial charge in [-0.25, -0.2) is 0 Å². The first kappa shape index (κ1) is 45.9.